The molecule has 19 heavy (non-hydrogen) atoms. The Bertz CT molecular complexity index is 679. The highest BCUT2D eigenvalue weighted by molar-refractivity contribution is 6.03. The van der Waals surface area contributed by atoms with Gasteiger partial charge < -0.3 is 11.1 Å². The van der Waals surface area contributed by atoms with Gasteiger partial charge in [0.25, 0.3) is 5.91 Å². The van der Waals surface area contributed by atoms with E-state index in [1.807, 2.05) is 0 Å². The number of nitrogen functional groups attached to an aromatic ring is 1. The van der Waals surface area contributed by atoms with Crippen molar-refractivity contribution in [2.45, 2.75) is 0 Å². The van der Waals surface area contributed by atoms with E-state index in [-0.39, 0.29) is 11.3 Å². The first-order valence-electron chi connectivity index (χ1n) is 5.32. The van der Waals surface area contributed by atoms with Crippen molar-refractivity contribution >= 4 is 17.3 Å². The van der Waals surface area contributed by atoms with E-state index in [2.05, 4.69) is 10.3 Å². The molecule has 0 saturated heterocycles. The fourth-order valence-corrected chi connectivity index (χ4v) is 1.45. The van der Waals surface area contributed by atoms with Crippen molar-refractivity contribution < 1.29 is 9.18 Å². The van der Waals surface area contributed by atoms with Crippen LogP contribution in [0, 0.1) is 17.1 Å². The Labute approximate surface area is 108 Å². The number of nitrogens with one attached hydrogen (secondary N) is 1. The molecule has 1 aromatic carbocycles. The lowest BCUT2D eigenvalue weighted by Crippen LogP contribution is -2.14. The van der Waals surface area contributed by atoms with Crippen molar-refractivity contribution in [1.82, 2.24) is 4.98 Å². The normalized spacial score (nSPS) is 9.68. The summed E-state index contributed by atoms with van der Waals surface area (Å²) >= 11 is 0. The zero-order chi connectivity index (χ0) is 13.8. The third-order valence-corrected chi connectivity index (χ3v) is 2.36. The number of rotatable bonds is 2. The topological polar surface area (TPSA) is 91.8 Å². The number of hydrogen-bond acceptors (Lipinski definition) is 4. The lowest BCUT2D eigenvalue weighted by Gasteiger charge is -2.05. The largest absolute Gasteiger partial charge is 0.399 e. The van der Waals surface area contributed by atoms with Crippen LogP contribution in [-0.4, -0.2) is 10.9 Å². The van der Waals surface area contributed by atoms with Gasteiger partial charge in [-0.25, -0.2) is 4.39 Å². The lowest BCUT2D eigenvalue weighted by atomic mass is 10.2. The minimum Gasteiger partial charge on any atom is -0.399 e. The third-order valence-electron chi connectivity index (χ3n) is 2.36. The second kappa shape index (κ2) is 5.14. The van der Waals surface area contributed by atoms with E-state index in [1.165, 1.54) is 24.4 Å². The molecule has 2 rings (SSSR count). The van der Waals surface area contributed by atoms with Crippen LogP contribution in [0.15, 0.2) is 36.5 Å². The predicted molar refractivity (Wildman–Crippen MR) is 67.7 cm³/mol. The Morgan fingerprint density at radius 1 is 1.37 bits per heavy atom. The molecule has 1 amide bonds. The molecule has 0 fully saturated rings. The second-order valence-electron chi connectivity index (χ2n) is 3.73. The van der Waals surface area contributed by atoms with Gasteiger partial charge in [-0.2, -0.15) is 5.26 Å². The van der Waals surface area contributed by atoms with E-state index in [4.69, 9.17) is 11.0 Å². The van der Waals surface area contributed by atoms with Crippen LogP contribution in [-0.2, 0) is 0 Å². The molecule has 6 heteroatoms. The van der Waals surface area contributed by atoms with Gasteiger partial charge in [0.1, 0.15) is 17.6 Å². The zero-order valence-electron chi connectivity index (χ0n) is 9.72. The molecule has 0 bridgehead atoms. The van der Waals surface area contributed by atoms with Crippen molar-refractivity contribution in [2.24, 2.45) is 0 Å². The quantitative estimate of drug-likeness (QED) is 0.858. The highest BCUT2D eigenvalue weighted by atomic mass is 19.1. The SMILES string of the molecule is N#Cc1cc(NC(=O)c2cc(N)ccn2)ccc1F. The van der Waals surface area contributed by atoms with Crippen molar-refractivity contribution in [3.8, 4) is 6.07 Å². The summed E-state index contributed by atoms with van der Waals surface area (Å²) in [5.41, 5.74) is 6.27. The minimum atomic E-state index is -0.637. The second-order valence-corrected chi connectivity index (χ2v) is 3.73. The van der Waals surface area contributed by atoms with Gasteiger partial charge in [-0.3, -0.25) is 9.78 Å². The van der Waals surface area contributed by atoms with E-state index in [0.29, 0.717) is 11.4 Å². The number of carbonyl (C=O) groups excluding carboxylic acids is 1. The van der Waals surface area contributed by atoms with E-state index in [9.17, 15) is 9.18 Å². The van der Waals surface area contributed by atoms with Gasteiger partial charge in [0.15, 0.2) is 0 Å². The molecule has 0 radical (unpaired) electrons. The summed E-state index contributed by atoms with van der Waals surface area (Å²) in [5, 5.41) is 11.2. The van der Waals surface area contributed by atoms with Gasteiger partial charge in [-0.05, 0) is 30.3 Å². The number of benzene rings is 1. The minimum absolute atomic E-state index is 0.140. The van der Waals surface area contributed by atoms with Gasteiger partial charge in [0.2, 0.25) is 0 Å². The molecule has 94 valence electrons. The van der Waals surface area contributed by atoms with E-state index < -0.39 is 11.7 Å². The number of pyridine rings is 1. The third kappa shape index (κ3) is 2.84. The highest BCUT2D eigenvalue weighted by Crippen LogP contribution is 2.15. The summed E-state index contributed by atoms with van der Waals surface area (Å²) in [6.45, 7) is 0. The van der Waals surface area contributed by atoms with Gasteiger partial charge >= 0.3 is 0 Å². The van der Waals surface area contributed by atoms with Gasteiger partial charge in [-0.1, -0.05) is 0 Å². The molecule has 2 aromatic rings. The van der Waals surface area contributed by atoms with Gasteiger partial charge in [0, 0.05) is 17.6 Å². The molecule has 0 atom stereocenters. The number of nitrogens with two attached hydrogens (primary N) is 1. The van der Waals surface area contributed by atoms with Crippen molar-refractivity contribution in [3.05, 3.63) is 53.6 Å². The summed E-state index contributed by atoms with van der Waals surface area (Å²) in [6.07, 6.45) is 1.41. The lowest BCUT2D eigenvalue weighted by molar-refractivity contribution is 0.102. The van der Waals surface area contributed by atoms with Gasteiger partial charge in [0.05, 0.1) is 5.56 Å². The number of aromatic nitrogens is 1. The summed E-state index contributed by atoms with van der Waals surface area (Å²) in [4.78, 5) is 15.7. The molecule has 0 unspecified atom stereocenters. The van der Waals surface area contributed by atoms with E-state index in [0.717, 1.165) is 6.07 Å². The Hall–Kier alpha value is -2.94. The molecular formula is C13H9FN4O. The van der Waals surface area contributed by atoms with Crippen LogP contribution >= 0.6 is 0 Å². The number of carbonyl (C=O) groups is 1. The monoisotopic (exact) mass is 256 g/mol. The Morgan fingerprint density at radius 2 is 2.16 bits per heavy atom. The summed E-state index contributed by atoms with van der Waals surface area (Å²) < 4.78 is 13.1. The summed E-state index contributed by atoms with van der Waals surface area (Å²) in [6, 6.07) is 8.40. The number of hydrogen-bond donors (Lipinski definition) is 2. The fraction of sp³-hybridized carbons (Fsp3) is 0. The summed E-state index contributed by atoms with van der Waals surface area (Å²) in [5.74, 6) is -1.12. The fourth-order valence-electron chi connectivity index (χ4n) is 1.45. The zero-order valence-corrected chi connectivity index (χ0v) is 9.72. The first kappa shape index (κ1) is 12.5. The first-order valence-corrected chi connectivity index (χ1v) is 5.32. The maximum atomic E-state index is 13.1. The Morgan fingerprint density at radius 3 is 2.84 bits per heavy atom. The molecule has 3 N–H and O–H groups in total. The van der Waals surface area contributed by atoms with Crippen LogP contribution < -0.4 is 11.1 Å². The molecule has 5 nitrogen and oxygen atoms in total. The Kier molecular flexibility index (Phi) is 3.39. The number of anilines is 2. The molecule has 0 aliphatic heterocycles. The van der Waals surface area contributed by atoms with Crippen LogP contribution in [0.5, 0.6) is 0 Å². The number of halogens is 1. The number of nitrogens with zero attached hydrogens (tertiary/aromatic N) is 2. The summed E-state index contributed by atoms with van der Waals surface area (Å²) in [7, 11) is 0. The molecule has 1 heterocycles. The van der Waals surface area contributed by atoms with Crippen LogP contribution in [0.1, 0.15) is 16.1 Å². The molecule has 0 aliphatic carbocycles. The van der Waals surface area contributed by atoms with E-state index in [1.54, 1.807) is 12.1 Å². The highest BCUT2D eigenvalue weighted by Gasteiger charge is 2.09. The van der Waals surface area contributed by atoms with Crippen molar-refractivity contribution in [1.29, 1.82) is 5.26 Å². The van der Waals surface area contributed by atoms with Crippen LogP contribution in [0.25, 0.3) is 0 Å². The average molecular weight is 256 g/mol. The predicted octanol–water partition coefficient (Wildman–Crippen LogP) is 1.93. The van der Waals surface area contributed by atoms with Crippen molar-refractivity contribution in [2.75, 3.05) is 11.1 Å². The van der Waals surface area contributed by atoms with Crippen LogP contribution in [0.3, 0.4) is 0 Å². The smallest absolute Gasteiger partial charge is 0.274 e. The van der Waals surface area contributed by atoms with Crippen LogP contribution in [0.2, 0.25) is 0 Å². The van der Waals surface area contributed by atoms with Crippen LogP contribution in [0.4, 0.5) is 15.8 Å². The molecule has 0 saturated carbocycles. The number of amides is 1. The molecule has 0 aliphatic rings. The Balaban J connectivity index is 2.22. The molecular weight excluding hydrogens is 247 g/mol. The van der Waals surface area contributed by atoms with Gasteiger partial charge in [-0.15, -0.1) is 0 Å². The average Bonchev–Trinajstić information content (AvgIpc) is 2.41. The maximum Gasteiger partial charge on any atom is 0.274 e. The first-order chi connectivity index (χ1) is 9.10. The number of nitriles is 1. The van der Waals surface area contributed by atoms with E-state index >= 15 is 0 Å². The van der Waals surface area contributed by atoms with Crippen molar-refractivity contribution in [3.63, 3.8) is 0 Å². The molecule has 0 spiro atoms. The molecule has 1 aromatic heterocycles. The maximum absolute atomic E-state index is 13.1. The standard InChI is InChI=1S/C13H9FN4O/c14-11-2-1-10(5-8(11)7-15)18-13(19)12-6-9(16)3-4-17-12/h1-6H,(H2,16,17)(H,18,19).